The van der Waals surface area contributed by atoms with E-state index < -0.39 is 0 Å². The van der Waals surface area contributed by atoms with Gasteiger partial charge in [-0.3, -0.25) is 0 Å². The molecule has 1 atom stereocenters. The maximum absolute atomic E-state index is 4.38. The minimum atomic E-state index is 0.659. The first-order chi connectivity index (χ1) is 8.27. The number of hydrogen-bond donors (Lipinski definition) is 1. The van der Waals surface area contributed by atoms with Gasteiger partial charge in [-0.05, 0) is 25.8 Å². The van der Waals surface area contributed by atoms with Crippen LogP contribution in [0.1, 0.15) is 51.8 Å². The molecule has 0 fully saturated rings. The molecule has 0 aliphatic rings. The number of nitrogens with zero attached hydrogens (tertiary/aromatic N) is 2. The Hall–Kier alpha value is -0.830. The molecule has 1 rings (SSSR count). The first-order valence-electron chi connectivity index (χ1n) is 6.97. The molecule has 0 saturated carbocycles. The van der Waals surface area contributed by atoms with Crippen molar-refractivity contribution in [3.8, 4) is 0 Å². The van der Waals surface area contributed by atoms with E-state index in [4.69, 9.17) is 0 Å². The van der Waals surface area contributed by atoms with Gasteiger partial charge < -0.3 is 9.88 Å². The van der Waals surface area contributed by atoms with E-state index in [1.54, 1.807) is 0 Å². The van der Waals surface area contributed by atoms with Gasteiger partial charge in [-0.15, -0.1) is 0 Å². The van der Waals surface area contributed by atoms with Crippen molar-refractivity contribution >= 4 is 0 Å². The highest BCUT2D eigenvalue weighted by Crippen LogP contribution is 2.08. The van der Waals surface area contributed by atoms with Crippen molar-refractivity contribution in [2.24, 2.45) is 7.05 Å². The zero-order valence-electron chi connectivity index (χ0n) is 11.6. The average Bonchev–Trinajstić information content (AvgIpc) is 2.74. The fourth-order valence-electron chi connectivity index (χ4n) is 2.09. The molecule has 1 aromatic rings. The quantitative estimate of drug-likeness (QED) is 0.715. The normalized spacial score (nSPS) is 12.9. The Morgan fingerprint density at radius 1 is 1.29 bits per heavy atom. The first-order valence-corrected chi connectivity index (χ1v) is 6.97. The Labute approximate surface area is 106 Å². The second-order valence-electron chi connectivity index (χ2n) is 4.79. The Morgan fingerprint density at radius 2 is 2.12 bits per heavy atom. The summed E-state index contributed by atoms with van der Waals surface area (Å²) in [5, 5.41) is 3.65. The third-order valence-corrected chi connectivity index (χ3v) is 3.23. The van der Waals surface area contributed by atoms with Gasteiger partial charge in [-0.1, -0.05) is 26.7 Å². The van der Waals surface area contributed by atoms with Crippen LogP contribution < -0.4 is 5.32 Å². The molecule has 1 unspecified atom stereocenters. The summed E-state index contributed by atoms with van der Waals surface area (Å²) in [4.78, 5) is 4.38. The van der Waals surface area contributed by atoms with E-state index in [0.29, 0.717) is 6.04 Å². The standard InChI is InChI=1S/C14H27N3/c1-4-6-7-13(15-10-5-2)8-9-14-16-11-12-17(14)3/h11-13,15H,4-10H2,1-3H3. The smallest absolute Gasteiger partial charge is 0.108 e. The molecule has 0 aliphatic carbocycles. The molecule has 98 valence electrons. The van der Waals surface area contributed by atoms with E-state index in [1.807, 2.05) is 12.4 Å². The van der Waals surface area contributed by atoms with Crippen molar-refractivity contribution in [2.75, 3.05) is 6.54 Å². The van der Waals surface area contributed by atoms with Crippen LogP contribution in [0.15, 0.2) is 12.4 Å². The Kier molecular flexibility index (Phi) is 6.94. The number of hydrogen-bond acceptors (Lipinski definition) is 2. The van der Waals surface area contributed by atoms with Crippen LogP contribution in [-0.2, 0) is 13.5 Å². The monoisotopic (exact) mass is 237 g/mol. The fourth-order valence-corrected chi connectivity index (χ4v) is 2.09. The molecule has 1 aromatic heterocycles. The van der Waals surface area contributed by atoms with Crippen molar-refractivity contribution in [1.29, 1.82) is 0 Å². The number of unbranched alkanes of at least 4 members (excludes halogenated alkanes) is 1. The largest absolute Gasteiger partial charge is 0.338 e. The van der Waals surface area contributed by atoms with E-state index in [2.05, 4.69) is 35.8 Å². The molecular weight excluding hydrogens is 210 g/mol. The summed E-state index contributed by atoms with van der Waals surface area (Å²) in [6.45, 7) is 5.62. The number of aryl methyl sites for hydroxylation is 2. The molecule has 0 aromatic carbocycles. The highest BCUT2D eigenvalue weighted by molar-refractivity contribution is 4.92. The van der Waals surface area contributed by atoms with Crippen LogP contribution in [0.4, 0.5) is 0 Å². The number of nitrogens with one attached hydrogen (secondary N) is 1. The van der Waals surface area contributed by atoms with E-state index in [1.165, 1.54) is 37.9 Å². The number of rotatable bonds is 9. The van der Waals surface area contributed by atoms with Gasteiger partial charge in [0.25, 0.3) is 0 Å². The van der Waals surface area contributed by atoms with Crippen molar-refractivity contribution in [3.05, 3.63) is 18.2 Å². The summed E-state index contributed by atoms with van der Waals surface area (Å²) in [6, 6.07) is 0.659. The molecule has 0 radical (unpaired) electrons. The maximum Gasteiger partial charge on any atom is 0.108 e. The summed E-state index contributed by atoms with van der Waals surface area (Å²) in [6.07, 6.45) is 11.3. The second-order valence-corrected chi connectivity index (χ2v) is 4.79. The van der Waals surface area contributed by atoms with Crippen molar-refractivity contribution in [3.63, 3.8) is 0 Å². The van der Waals surface area contributed by atoms with E-state index in [-0.39, 0.29) is 0 Å². The van der Waals surface area contributed by atoms with Crippen molar-refractivity contribution in [2.45, 2.75) is 58.4 Å². The Morgan fingerprint density at radius 3 is 2.71 bits per heavy atom. The van der Waals surface area contributed by atoms with Gasteiger partial charge in [0.1, 0.15) is 5.82 Å². The van der Waals surface area contributed by atoms with Gasteiger partial charge in [-0.2, -0.15) is 0 Å². The number of imidazole rings is 1. The lowest BCUT2D eigenvalue weighted by Crippen LogP contribution is -2.30. The zero-order valence-corrected chi connectivity index (χ0v) is 11.6. The topological polar surface area (TPSA) is 29.9 Å². The Bertz CT molecular complexity index is 285. The third kappa shape index (κ3) is 5.35. The van der Waals surface area contributed by atoms with Crippen molar-refractivity contribution in [1.82, 2.24) is 14.9 Å². The molecule has 0 spiro atoms. The van der Waals surface area contributed by atoms with Crippen LogP contribution >= 0.6 is 0 Å². The van der Waals surface area contributed by atoms with Crippen LogP contribution in [0, 0.1) is 0 Å². The second kappa shape index (κ2) is 8.29. The van der Waals surface area contributed by atoms with E-state index in [0.717, 1.165) is 13.0 Å². The van der Waals surface area contributed by atoms with Crippen LogP contribution in [-0.4, -0.2) is 22.1 Å². The summed E-state index contributed by atoms with van der Waals surface area (Å²) < 4.78 is 2.12. The molecule has 0 bridgehead atoms. The van der Waals surface area contributed by atoms with Crippen LogP contribution in [0.3, 0.4) is 0 Å². The first kappa shape index (κ1) is 14.2. The van der Waals surface area contributed by atoms with E-state index >= 15 is 0 Å². The van der Waals surface area contributed by atoms with Crippen molar-refractivity contribution < 1.29 is 0 Å². The third-order valence-electron chi connectivity index (χ3n) is 3.23. The van der Waals surface area contributed by atoms with Gasteiger partial charge in [0.2, 0.25) is 0 Å². The average molecular weight is 237 g/mol. The summed E-state index contributed by atoms with van der Waals surface area (Å²) in [5.74, 6) is 1.20. The number of aromatic nitrogens is 2. The lowest BCUT2D eigenvalue weighted by Gasteiger charge is -2.18. The maximum atomic E-state index is 4.38. The highest BCUT2D eigenvalue weighted by Gasteiger charge is 2.09. The minimum absolute atomic E-state index is 0.659. The SMILES string of the molecule is CCCCC(CCc1nccn1C)NCCC. The summed E-state index contributed by atoms with van der Waals surface area (Å²) in [5.41, 5.74) is 0. The molecule has 1 heterocycles. The fraction of sp³-hybridized carbons (Fsp3) is 0.786. The van der Waals surface area contributed by atoms with Gasteiger partial charge in [0.15, 0.2) is 0 Å². The zero-order chi connectivity index (χ0) is 12.5. The predicted octanol–water partition coefficient (Wildman–Crippen LogP) is 2.91. The summed E-state index contributed by atoms with van der Waals surface area (Å²) >= 11 is 0. The van der Waals surface area contributed by atoms with Gasteiger partial charge in [0, 0.05) is 31.9 Å². The Balaban J connectivity index is 2.34. The van der Waals surface area contributed by atoms with Crippen LogP contribution in [0.5, 0.6) is 0 Å². The predicted molar refractivity (Wildman–Crippen MR) is 73.1 cm³/mol. The molecule has 1 N–H and O–H groups in total. The molecule has 17 heavy (non-hydrogen) atoms. The van der Waals surface area contributed by atoms with Gasteiger partial charge in [0.05, 0.1) is 0 Å². The molecule has 0 aliphatic heterocycles. The molecular formula is C14H27N3. The van der Waals surface area contributed by atoms with E-state index in [9.17, 15) is 0 Å². The highest BCUT2D eigenvalue weighted by atomic mass is 15.0. The minimum Gasteiger partial charge on any atom is -0.338 e. The lowest BCUT2D eigenvalue weighted by molar-refractivity contribution is 0.434. The molecule has 0 amide bonds. The van der Waals surface area contributed by atoms with Gasteiger partial charge >= 0.3 is 0 Å². The van der Waals surface area contributed by atoms with Crippen LogP contribution in [0.25, 0.3) is 0 Å². The van der Waals surface area contributed by atoms with Crippen LogP contribution in [0.2, 0.25) is 0 Å². The molecule has 0 saturated heterocycles. The lowest BCUT2D eigenvalue weighted by atomic mass is 10.0. The summed E-state index contributed by atoms with van der Waals surface area (Å²) in [7, 11) is 2.07. The van der Waals surface area contributed by atoms with Gasteiger partial charge in [-0.25, -0.2) is 4.98 Å². The molecule has 3 heteroatoms. The molecule has 3 nitrogen and oxygen atoms in total.